The van der Waals surface area contributed by atoms with Gasteiger partial charge in [-0.25, -0.2) is 4.98 Å². The SMILES string of the molecule is CN(CCSc1ccccc1)C(=O)c1cc(O)c2ccc(Cl)nc2c1. The zero-order valence-electron chi connectivity index (χ0n) is 13.6. The van der Waals surface area contributed by atoms with Gasteiger partial charge in [0.25, 0.3) is 5.91 Å². The van der Waals surface area contributed by atoms with E-state index in [4.69, 9.17) is 11.6 Å². The number of benzene rings is 2. The summed E-state index contributed by atoms with van der Waals surface area (Å²) in [6, 6.07) is 16.5. The molecule has 128 valence electrons. The summed E-state index contributed by atoms with van der Waals surface area (Å²) in [5, 5.41) is 11.0. The summed E-state index contributed by atoms with van der Waals surface area (Å²) in [5.41, 5.74) is 0.898. The Morgan fingerprint density at radius 3 is 2.72 bits per heavy atom. The average molecular weight is 373 g/mol. The number of carbonyl (C=O) groups excluding carboxylic acids is 1. The first-order chi connectivity index (χ1) is 12.0. The number of fused-ring (bicyclic) bond motifs is 1. The van der Waals surface area contributed by atoms with E-state index in [9.17, 15) is 9.90 Å². The fourth-order valence-corrected chi connectivity index (χ4v) is 3.56. The third kappa shape index (κ3) is 4.24. The average Bonchev–Trinajstić information content (AvgIpc) is 2.61. The van der Waals surface area contributed by atoms with Gasteiger partial charge in [-0.1, -0.05) is 29.8 Å². The summed E-state index contributed by atoms with van der Waals surface area (Å²) < 4.78 is 0. The third-order valence-corrected chi connectivity index (χ3v) is 4.99. The van der Waals surface area contributed by atoms with Crippen molar-refractivity contribution in [1.82, 2.24) is 9.88 Å². The van der Waals surface area contributed by atoms with Crippen LogP contribution in [-0.2, 0) is 0 Å². The van der Waals surface area contributed by atoms with E-state index in [1.165, 1.54) is 11.0 Å². The first-order valence-electron chi connectivity index (χ1n) is 7.77. The van der Waals surface area contributed by atoms with E-state index in [1.54, 1.807) is 41.9 Å². The maximum atomic E-state index is 12.6. The number of rotatable bonds is 5. The maximum absolute atomic E-state index is 12.6. The Morgan fingerprint density at radius 1 is 1.20 bits per heavy atom. The molecule has 3 aromatic rings. The zero-order chi connectivity index (χ0) is 17.8. The minimum Gasteiger partial charge on any atom is -0.507 e. The summed E-state index contributed by atoms with van der Waals surface area (Å²) in [5.74, 6) is 0.653. The number of pyridine rings is 1. The lowest BCUT2D eigenvalue weighted by molar-refractivity contribution is 0.0803. The van der Waals surface area contributed by atoms with Crippen LogP contribution < -0.4 is 0 Å². The Labute approximate surface area is 155 Å². The summed E-state index contributed by atoms with van der Waals surface area (Å²) in [6.07, 6.45) is 0. The highest BCUT2D eigenvalue weighted by atomic mass is 35.5. The molecule has 0 fully saturated rings. The number of phenols is 1. The van der Waals surface area contributed by atoms with Crippen LogP contribution in [0.4, 0.5) is 0 Å². The molecule has 4 nitrogen and oxygen atoms in total. The molecule has 3 rings (SSSR count). The number of phenolic OH excluding ortho intramolecular Hbond substituents is 1. The van der Waals surface area contributed by atoms with Crippen LogP contribution in [0, 0.1) is 0 Å². The first-order valence-corrected chi connectivity index (χ1v) is 9.13. The smallest absolute Gasteiger partial charge is 0.253 e. The van der Waals surface area contributed by atoms with Gasteiger partial charge < -0.3 is 10.0 Å². The number of halogens is 1. The van der Waals surface area contributed by atoms with E-state index in [0.717, 1.165) is 5.75 Å². The highest BCUT2D eigenvalue weighted by Crippen LogP contribution is 2.27. The molecule has 2 aromatic carbocycles. The van der Waals surface area contributed by atoms with Crippen molar-refractivity contribution in [2.75, 3.05) is 19.3 Å². The molecule has 6 heteroatoms. The molecule has 0 saturated carbocycles. The van der Waals surface area contributed by atoms with Gasteiger partial charge in [0, 0.05) is 35.2 Å². The van der Waals surface area contributed by atoms with Crippen molar-refractivity contribution < 1.29 is 9.90 Å². The lowest BCUT2D eigenvalue weighted by Crippen LogP contribution is -2.28. The summed E-state index contributed by atoms with van der Waals surface area (Å²) in [4.78, 5) is 19.6. The van der Waals surface area contributed by atoms with Crippen molar-refractivity contribution in [3.05, 3.63) is 65.3 Å². The Hall–Kier alpha value is -2.24. The molecule has 0 aliphatic heterocycles. The monoisotopic (exact) mass is 372 g/mol. The van der Waals surface area contributed by atoms with E-state index in [0.29, 0.717) is 28.2 Å². The number of hydrogen-bond donors (Lipinski definition) is 1. The van der Waals surface area contributed by atoms with Crippen LogP contribution in [0.15, 0.2) is 59.5 Å². The second-order valence-corrected chi connectivity index (χ2v) is 7.14. The highest BCUT2D eigenvalue weighted by molar-refractivity contribution is 7.99. The van der Waals surface area contributed by atoms with Crippen LogP contribution in [0.1, 0.15) is 10.4 Å². The largest absolute Gasteiger partial charge is 0.507 e. The number of nitrogens with zero attached hydrogens (tertiary/aromatic N) is 2. The molecule has 0 bridgehead atoms. The third-order valence-electron chi connectivity index (χ3n) is 3.78. The van der Waals surface area contributed by atoms with Gasteiger partial charge in [-0.15, -0.1) is 11.8 Å². The molecule has 0 atom stereocenters. The fraction of sp³-hybridized carbons (Fsp3) is 0.158. The topological polar surface area (TPSA) is 53.4 Å². The lowest BCUT2D eigenvalue weighted by atomic mass is 10.1. The van der Waals surface area contributed by atoms with E-state index in [1.807, 2.05) is 30.3 Å². The van der Waals surface area contributed by atoms with Crippen molar-refractivity contribution in [2.24, 2.45) is 0 Å². The highest BCUT2D eigenvalue weighted by Gasteiger charge is 2.15. The maximum Gasteiger partial charge on any atom is 0.253 e. The summed E-state index contributed by atoms with van der Waals surface area (Å²) in [6.45, 7) is 0.597. The molecule has 25 heavy (non-hydrogen) atoms. The van der Waals surface area contributed by atoms with Crippen LogP contribution in [0.25, 0.3) is 10.9 Å². The molecular weight excluding hydrogens is 356 g/mol. The standard InChI is InChI=1S/C19H17ClN2O2S/c1-22(9-10-25-14-5-3-2-4-6-14)19(24)13-11-16-15(17(23)12-13)7-8-18(20)21-16/h2-8,11-12,23H,9-10H2,1H3. The van der Waals surface area contributed by atoms with Gasteiger partial charge in [-0.2, -0.15) is 0 Å². The molecule has 0 aliphatic rings. The number of amides is 1. The van der Waals surface area contributed by atoms with Crippen LogP contribution in [0.3, 0.4) is 0 Å². The normalized spacial score (nSPS) is 10.8. The number of aromatic hydroxyl groups is 1. The molecule has 1 amide bonds. The predicted octanol–water partition coefficient (Wildman–Crippen LogP) is 4.46. The van der Waals surface area contributed by atoms with E-state index in [-0.39, 0.29) is 11.7 Å². The Balaban J connectivity index is 1.70. The minimum atomic E-state index is -0.160. The van der Waals surface area contributed by atoms with Crippen molar-refractivity contribution in [3.8, 4) is 5.75 Å². The van der Waals surface area contributed by atoms with Crippen molar-refractivity contribution >= 4 is 40.2 Å². The van der Waals surface area contributed by atoms with Crippen molar-refractivity contribution in [2.45, 2.75) is 4.90 Å². The lowest BCUT2D eigenvalue weighted by Gasteiger charge is -2.17. The number of carbonyl (C=O) groups is 1. The van der Waals surface area contributed by atoms with Crippen LogP contribution in [0.5, 0.6) is 5.75 Å². The molecular formula is C19H17ClN2O2S. The first kappa shape index (κ1) is 17.6. The van der Waals surface area contributed by atoms with Gasteiger partial charge in [0.1, 0.15) is 10.9 Å². The van der Waals surface area contributed by atoms with E-state index >= 15 is 0 Å². The van der Waals surface area contributed by atoms with Gasteiger partial charge in [0.15, 0.2) is 0 Å². The minimum absolute atomic E-state index is 0.0251. The predicted molar refractivity (Wildman–Crippen MR) is 103 cm³/mol. The summed E-state index contributed by atoms with van der Waals surface area (Å²) in [7, 11) is 1.75. The molecule has 1 heterocycles. The molecule has 0 aliphatic carbocycles. The molecule has 1 aromatic heterocycles. The van der Waals surface area contributed by atoms with Crippen LogP contribution >= 0.6 is 23.4 Å². The molecule has 0 spiro atoms. The van der Waals surface area contributed by atoms with E-state index < -0.39 is 0 Å². The van der Waals surface area contributed by atoms with Gasteiger partial charge >= 0.3 is 0 Å². The van der Waals surface area contributed by atoms with Gasteiger partial charge in [-0.05, 0) is 36.4 Å². The molecule has 0 unspecified atom stereocenters. The molecule has 1 N–H and O–H groups in total. The number of thioether (sulfide) groups is 1. The Kier molecular flexibility index (Phi) is 5.46. The van der Waals surface area contributed by atoms with Crippen LogP contribution in [-0.4, -0.2) is 40.2 Å². The number of aromatic nitrogens is 1. The second-order valence-electron chi connectivity index (χ2n) is 5.58. The molecule has 0 saturated heterocycles. The summed E-state index contributed by atoms with van der Waals surface area (Å²) >= 11 is 7.60. The molecule has 0 radical (unpaired) electrons. The zero-order valence-corrected chi connectivity index (χ0v) is 15.2. The quantitative estimate of drug-likeness (QED) is 0.530. The van der Waals surface area contributed by atoms with Gasteiger partial charge in [0.2, 0.25) is 0 Å². The van der Waals surface area contributed by atoms with Gasteiger partial charge in [0.05, 0.1) is 5.52 Å². The van der Waals surface area contributed by atoms with Crippen molar-refractivity contribution in [3.63, 3.8) is 0 Å². The van der Waals surface area contributed by atoms with Crippen LogP contribution in [0.2, 0.25) is 5.15 Å². The Morgan fingerprint density at radius 2 is 1.96 bits per heavy atom. The number of hydrogen-bond acceptors (Lipinski definition) is 4. The fourth-order valence-electron chi connectivity index (χ4n) is 2.45. The van der Waals surface area contributed by atoms with E-state index in [2.05, 4.69) is 4.98 Å². The Bertz CT molecular complexity index is 903. The second kappa shape index (κ2) is 7.76. The van der Waals surface area contributed by atoms with Gasteiger partial charge in [-0.3, -0.25) is 4.79 Å². The van der Waals surface area contributed by atoms with Crippen molar-refractivity contribution in [1.29, 1.82) is 0 Å².